The SMILES string of the molecule is CCCOC(=O)C1(C)OC1c1ccc(OC)cc1. The second kappa shape index (κ2) is 4.98. The van der Waals surface area contributed by atoms with E-state index in [0.717, 1.165) is 17.7 Å². The van der Waals surface area contributed by atoms with E-state index in [1.807, 2.05) is 31.2 Å². The van der Waals surface area contributed by atoms with Crippen LogP contribution in [-0.4, -0.2) is 25.3 Å². The molecule has 0 aromatic heterocycles. The van der Waals surface area contributed by atoms with Crippen LogP contribution in [0.15, 0.2) is 24.3 Å². The second-order valence-corrected chi connectivity index (χ2v) is 4.51. The van der Waals surface area contributed by atoms with Crippen molar-refractivity contribution in [1.29, 1.82) is 0 Å². The van der Waals surface area contributed by atoms with E-state index in [1.54, 1.807) is 14.0 Å². The summed E-state index contributed by atoms with van der Waals surface area (Å²) in [4.78, 5) is 11.8. The number of hydrogen-bond acceptors (Lipinski definition) is 4. The first-order chi connectivity index (χ1) is 8.61. The lowest BCUT2D eigenvalue weighted by molar-refractivity contribution is -0.149. The Hall–Kier alpha value is -1.55. The number of epoxide rings is 1. The lowest BCUT2D eigenvalue weighted by Crippen LogP contribution is -2.24. The third-order valence-electron chi connectivity index (χ3n) is 3.07. The van der Waals surface area contributed by atoms with Crippen LogP contribution in [0.5, 0.6) is 5.75 Å². The molecule has 98 valence electrons. The molecule has 2 unspecified atom stereocenters. The first-order valence-electron chi connectivity index (χ1n) is 6.10. The van der Waals surface area contributed by atoms with Crippen LogP contribution in [0.25, 0.3) is 0 Å². The summed E-state index contributed by atoms with van der Waals surface area (Å²) in [7, 11) is 1.62. The normalized spacial score (nSPS) is 25.6. The molecule has 0 radical (unpaired) electrons. The minimum Gasteiger partial charge on any atom is -0.497 e. The maximum atomic E-state index is 11.8. The van der Waals surface area contributed by atoms with Crippen molar-refractivity contribution in [1.82, 2.24) is 0 Å². The van der Waals surface area contributed by atoms with Crippen molar-refractivity contribution in [2.75, 3.05) is 13.7 Å². The molecule has 0 N–H and O–H groups in total. The van der Waals surface area contributed by atoms with Crippen LogP contribution in [0, 0.1) is 0 Å². The third-order valence-corrected chi connectivity index (χ3v) is 3.07. The smallest absolute Gasteiger partial charge is 0.341 e. The van der Waals surface area contributed by atoms with Gasteiger partial charge in [-0.3, -0.25) is 0 Å². The van der Waals surface area contributed by atoms with Gasteiger partial charge in [0.1, 0.15) is 11.9 Å². The topological polar surface area (TPSA) is 48.1 Å². The van der Waals surface area contributed by atoms with Gasteiger partial charge in [0.2, 0.25) is 0 Å². The first kappa shape index (κ1) is 12.9. The minimum absolute atomic E-state index is 0.215. The summed E-state index contributed by atoms with van der Waals surface area (Å²) in [5.74, 6) is 0.500. The van der Waals surface area contributed by atoms with Gasteiger partial charge in [-0.05, 0) is 31.0 Å². The van der Waals surface area contributed by atoms with Crippen molar-refractivity contribution < 1.29 is 19.0 Å². The number of methoxy groups -OCH3 is 1. The Kier molecular flexibility index (Phi) is 3.57. The Labute approximate surface area is 107 Å². The summed E-state index contributed by atoms with van der Waals surface area (Å²) >= 11 is 0. The Morgan fingerprint density at radius 2 is 2.06 bits per heavy atom. The average molecular weight is 250 g/mol. The van der Waals surface area contributed by atoms with Crippen molar-refractivity contribution in [3.05, 3.63) is 29.8 Å². The van der Waals surface area contributed by atoms with E-state index >= 15 is 0 Å². The highest BCUT2D eigenvalue weighted by molar-refractivity contribution is 5.83. The molecule has 1 aromatic rings. The molecule has 1 saturated heterocycles. The number of benzene rings is 1. The standard InChI is InChI=1S/C14H18O4/c1-4-9-17-13(15)14(2)12(18-14)10-5-7-11(16-3)8-6-10/h5-8,12H,4,9H2,1-3H3. The summed E-state index contributed by atoms with van der Waals surface area (Å²) in [5.41, 5.74) is 0.135. The predicted octanol–water partition coefficient (Wildman–Crippen LogP) is 2.48. The molecule has 0 amide bonds. The maximum absolute atomic E-state index is 11.8. The molecule has 1 aliphatic heterocycles. The van der Waals surface area contributed by atoms with Crippen LogP contribution in [-0.2, 0) is 14.3 Å². The third kappa shape index (κ3) is 2.34. The second-order valence-electron chi connectivity index (χ2n) is 4.51. The van der Waals surface area contributed by atoms with Crippen LogP contribution < -0.4 is 4.74 Å². The summed E-state index contributed by atoms with van der Waals surface area (Å²) in [6.07, 6.45) is 0.599. The molecule has 1 aromatic carbocycles. The fourth-order valence-electron chi connectivity index (χ4n) is 1.87. The Morgan fingerprint density at radius 1 is 1.39 bits per heavy atom. The van der Waals surface area contributed by atoms with Gasteiger partial charge in [0.05, 0.1) is 13.7 Å². The van der Waals surface area contributed by atoms with Crippen LogP contribution in [0.3, 0.4) is 0 Å². The average Bonchev–Trinajstić information content (AvgIpc) is 3.10. The zero-order chi connectivity index (χ0) is 13.2. The van der Waals surface area contributed by atoms with Gasteiger partial charge in [-0.15, -0.1) is 0 Å². The van der Waals surface area contributed by atoms with E-state index in [9.17, 15) is 4.79 Å². The zero-order valence-electron chi connectivity index (χ0n) is 10.9. The van der Waals surface area contributed by atoms with Crippen molar-refractivity contribution >= 4 is 5.97 Å². The Bertz CT molecular complexity index is 426. The van der Waals surface area contributed by atoms with Gasteiger partial charge in [0.25, 0.3) is 0 Å². The fourth-order valence-corrected chi connectivity index (χ4v) is 1.87. The van der Waals surface area contributed by atoms with Crippen molar-refractivity contribution in [2.24, 2.45) is 0 Å². The Balaban J connectivity index is 2.02. The molecule has 1 fully saturated rings. The van der Waals surface area contributed by atoms with E-state index in [-0.39, 0.29) is 12.1 Å². The molecule has 1 heterocycles. The fraction of sp³-hybridized carbons (Fsp3) is 0.500. The molecular formula is C14H18O4. The largest absolute Gasteiger partial charge is 0.497 e. The minimum atomic E-state index is -0.830. The monoisotopic (exact) mass is 250 g/mol. The van der Waals surface area contributed by atoms with E-state index < -0.39 is 5.60 Å². The van der Waals surface area contributed by atoms with Crippen LogP contribution >= 0.6 is 0 Å². The molecule has 4 nitrogen and oxygen atoms in total. The van der Waals surface area contributed by atoms with Gasteiger partial charge >= 0.3 is 5.97 Å². The molecular weight excluding hydrogens is 232 g/mol. The van der Waals surface area contributed by atoms with Crippen molar-refractivity contribution in [3.63, 3.8) is 0 Å². The van der Waals surface area contributed by atoms with E-state index in [1.165, 1.54) is 0 Å². The molecule has 0 bridgehead atoms. The van der Waals surface area contributed by atoms with Crippen LogP contribution in [0.2, 0.25) is 0 Å². The van der Waals surface area contributed by atoms with Gasteiger partial charge < -0.3 is 14.2 Å². The summed E-state index contributed by atoms with van der Waals surface area (Å²) in [6.45, 7) is 4.16. The van der Waals surface area contributed by atoms with E-state index in [4.69, 9.17) is 14.2 Å². The lowest BCUT2D eigenvalue weighted by atomic mass is 10.0. The number of carbonyl (C=O) groups is 1. The molecule has 1 aliphatic rings. The van der Waals surface area contributed by atoms with E-state index in [2.05, 4.69) is 0 Å². The van der Waals surface area contributed by atoms with Crippen molar-refractivity contribution in [2.45, 2.75) is 32.0 Å². The van der Waals surface area contributed by atoms with Gasteiger partial charge in [-0.2, -0.15) is 0 Å². The van der Waals surface area contributed by atoms with Crippen molar-refractivity contribution in [3.8, 4) is 5.75 Å². The summed E-state index contributed by atoms with van der Waals surface area (Å²) in [5, 5.41) is 0. The number of ether oxygens (including phenoxy) is 3. The van der Waals surface area contributed by atoms with E-state index in [0.29, 0.717) is 6.61 Å². The molecule has 0 aliphatic carbocycles. The molecule has 2 rings (SSSR count). The van der Waals surface area contributed by atoms with Gasteiger partial charge in [0.15, 0.2) is 5.60 Å². The zero-order valence-corrected chi connectivity index (χ0v) is 10.9. The number of rotatable bonds is 5. The van der Waals surface area contributed by atoms with Crippen LogP contribution in [0.4, 0.5) is 0 Å². The Morgan fingerprint density at radius 3 is 2.61 bits per heavy atom. The number of carbonyl (C=O) groups excluding carboxylic acids is 1. The molecule has 0 spiro atoms. The highest BCUT2D eigenvalue weighted by atomic mass is 16.7. The predicted molar refractivity (Wildman–Crippen MR) is 66.5 cm³/mol. The maximum Gasteiger partial charge on any atom is 0.341 e. The number of hydrogen-bond donors (Lipinski definition) is 0. The van der Waals surface area contributed by atoms with Crippen LogP contribution in [0.1, 0.15) is 31.9 Å². The summed E-state index contributed by atoms with van der Waals surface area (Å²) < 4.78 is 15.7. The first-order valence-corrected chi connectivity index (χ1v) is 6.10. The number of esters is 1. The van der Waals surface area contributed by atoms with Gasteiger partial charge in [-0.1, -0.05) is 19.1 Å². The molecule has 18 heavy (non-hydrogen) atoms. The molecule has 2 atom stereocenters. The summed E-state index contributed by atoms with van der Waals surface area (Å²) in [6, 6.07) is 7.52. The van der Waals surface area contributed by atoms with Gasteiger partial charge in [-0.25, -0.2) is 4.79 Å². The highest BCUT2D eigenvalue weighted by Crippen LogP contribution is 2.50. The lowest BCUT2D eigenvalue weighted by Gasteiger charge is -2.07. The quantitative estimate of drug-likeness (QED) is 0.595. The highest BCUT2D eigenvalue weighted by Gasteiger charge is 2.60. The molecule has 0 saturated carbocycles. The van der Waals surface area contributed by atoms with Gasteiger partial charge in [0, 0.05) is 0 Å². The molecule has 4 heteroatoms.